The molecule has 1 fully saturated rings. The predicted molar refractivity (Wildman–Crippen MR) is 212 cm³/mol. The van der Waals surface area contributed by atoms with Crippen LogP contribution in [0.15, 0.2) is 52.2 Å². The molecule has 338 valence electrons. The average molecular weight is 885 g/mol. The lowest BCUT2D eigenvalue weighted by atomic mass is 9.79. The highest BCUT2D eigenvalue weighted by atomic mass is 19.4. The van der Waals surface area contributed by atoms with Crippen molar-refractivity contribution in [3.05, 3.63) is 69.4 Å². The molecule has 0 bridgehead atoms. The van der Waals surface area contributed by atoms with Gasteiger partial charge in [0.2, 0.25) is 5.95 Å². The van der Waals surface area contributed by atoms with Gasteiger partial charge in [-0.15, -0.1) is 0 Å². The van der Waals surface area contributed by atoms with Crippen LogP contribution < -0.4 is 42.5 Å². The highest BCUT2D eigenvalue weighted by Crippen LogP contribution is 2.39. The lowest BCUT2D eigenvalue weighted by Crippen LogP contribution is -2.60. The Morgan fingerprint density at radius 2 is 1.23 bits per heavy atom. The van der Waals surface area contributed by atoms with Crippen LogP contribution >= 0.6 is 0 Å². The molecule has 18 nitrogen and oxygen atoms in total. The van der Waals surface area contributed by atoms with E-state index in [-0.39, 0.29) is 63.1 Å². The van der Waals surface area contributed by atoms with Gasteiger partial charge < -0.3 is 31.2 Å². The van der Waals surface area contributed by atoms with Crippen molar-refractivity contribution in [3.63, 3.8) is 0 Å². The minimum Gasteiger partial charge on any atom is -0.476 e. The Morgan fingerprint density at radius 1 is 0.758 bits per heavy atom. The van der Waals surface area contributed by atoms with E-state index in [1.54, 1.807) is 0 Å². The third-order valence-electron chi connectivity index (χ3n) is 9.47. The van der Waals surface area contributed by atoms with Gasteiger partial charge in [-0.25, -0.2) is 19.0 Å². The van der Waals surface area contributed by atoms with Gasteiger partial charge in [-0.1, -0.05) is 0 Å². The second-order valence-corrected chi connectivity index (χ2v) is 16.9. The number of piperidine rings is 1. The van der Waals surface area contributed by atoms with E-state index < -0.39 is 40.8 Å². The van der Waals surface area contributed by atoms with Crippen molar-refractivity contribution >= 4 is 23.1 Å². The van der Waals surface area contributed by atoms with Crippen LogP contribution in [0.4, 0.5) is 53.9 Å². The summed E-state index contributed by atoms with van der Waals surface area (Å²) >= 11 is 0. The van der Waals surface area contributed by atoms with Gasteiger partial charge in [-0.3, -0.25) is 0 Å². The van der Waals surface area contributed by atoms with Crippen LogP contribution in [0.2, 0.25) is 0 Å². The Balaban J connectivity index is 0.000000278. The predicted octanol–water partition coefficient (Wildman–Crippen LogP) is 5.35. The van der Waals surface area contributed by atoms with Crippen molar-refractivity contribution in [3.8, 4) is 22.9 Å². The van der Waals surface area contributed by atoms with Crippen LogP contribution in [0.5, 0.6) is 11.5 Å². The maximum absolute atomic E-state index is 14.7. The number of nitrogens with two attached hydrogens (primary N) is 1. The lowest BCUT2D eigenvalue weighted by molar-refractivity contribution is -0.234. The van der Waals surface area contributed by atoms with E-state index in [0.29, 0.717) is 0 Å². The van der Waals surface area contributed by atoms with Gasteiger partial charge in [0.15, 0.2) is 22.8 Å². The van der Waals surface area contributed by atoms with Gasteiger partial charge in [-0.05, 0) is 125 Å². The summed E-state index contributed by atoms with van der Waals surface area (Å²) in [7, 11) is 2.71. The minimum atomic E-state index is -4.70. The largest absolute Gasteiger partial charge is 0.476 e. The number of aryl methyl sites for hydroxylation is 2. The summed E-state index contributed by atoms with van der Waals surface area (Å²) in [5, 5.41) is 24.1. The van der Waals surface area contributed by atoms with Crippen molar-refractivity contribution in [2.24, 2.45) is 14.1 Å². The molecule has 0 atom stereocenters. The maximum atomic E-state index is 14.7. The lowest BCUT2D eigenvalue weighted by Gasteiger charge is -2.46. The number of nitrogens with one attached hydrogen (secondary N) is 3. The van der Waals surface area contributed by atoms with Crippen LogP contribution in [0.3, 0.4) is 0 Å². The summed E-state index contributed by atoms with van der Waals surface area (Å²) in [5.74, 6) is -1.04. The summed E-state index contributed by atoms with van der Waals surface area (Å²) in [5.41, 5.74) is -0.689. The Morgan fingerprint density at radius 3 is 1.68 bits per heavy atom. The molecule has 0 saturated carbocycles. The molecule has 0 spiro atoms. The molecule has 1 aliphatic heterocycles. The summed E-state index contributed by atoms with van der Waals surface area (Å²) in [4.78, 5) is 32.7. The molecule has 1 aliphatic rings. The first-order valence-electron chi connectivity index (χ1n) is 18.8. The fraction of sp³-hybridized carbons (Fsp3) is 0.514. The molecule has 1 saturated heterocycles. The molecule has 0 radical (unpaired) electrons. The number of nitrogens with zero attached hydrogens (tertiary/aromatic N) is 10. The van der Waals surface area contributed by atoms with Crippen LogP contribution in [0.25, 0.3) is 11.4 Å². The van der Waals surface area contributed by atoms with Crippen molar-refractivity contribution in [1.82, 2.24) is 54.9 Å². The molecule has 3 aromatic heterocycles. The Hall–Kier alpha value is -6.27. The Kier molecular flexibility index (Phi) is 12.5. The van der Waals surface area contributed by atoms with Gasteiger partial charge >= 0.3 is 23.7 Å². The average Bonchev–Trinajstić information content (AvgIpc) is 3.63. The second kappa shape index (κ2) is 16.5. The molecule has 62 heavy (non-hydrogen) atoms. The highest BCUT2D eigenvalue weighted by Gasteiger charge is 2.51. The Bertz CT molecular complexity index is 2510. The fourth-order valence-electron chi connectivity index (χ4n) is 6.50. The van der Waals surface area contributed by atoms with Crippen molar-refractivity contribution in [2.75, 3.05) is 16.4 Å². The number of anilines is 4. The van der Waals surface area contributed by atoms with Crippen molar-refractivity contribution in [1.29, 1.82) is 0 Å². The molecule has 0 amide bonds. The van der Waals surface area contributed by atoms with Gasteiger partial charge in [-0.2, -0.15) is 50.1 Å². The van der Waals surface area contributed by atoms with E-state index in [9.17, 15) is 40.3 Å². The summed E-state index contributed by atoms with van der Waals surface area (Å²) in [6.45, 7) is 11.8. The van der Waals surface area contributed by atoms with Gasteiger partial charge in [0.05, 0.1) is 6.20 Å². The first kappa shape index (κ1) is 46.8. The summed E-state index contributed by atoms with van der Waals surface area (Å²) in [6.07, 6.45) is -6.81. The third-order valence-corrected chi connectivity index (χ3v) is 9.47. The molecule has 5 N–H and O–H groups in total. The highest BCUT2D eigenvalue weighted by molar-refractivity contribution is 5.63. The first-order chi connectivity index (χ1) is 28.4. The summed E-state index contributed by atoms with van der Waals surface area (Å²) in [6, 6.07) is 7.87. The number of alkyl halides is 6. The first-order valence-corrected chi connectivity index (χ1v) is 18.8. The molecule has 6 rings (SSSR count). The fourth-order valence-corrected chi connectivity index (χ4v) is 6.50. The Labute approximate surface area is 349 Å². The van der Waals surface area contributed by atoms with Crippen molar-refractivity contribution < 1.29 is 40.2 Å². The number of ether oxygens (including phenoxy) is 2. The number of tetrazole rings is 2. The number of halogens is 7. The molecular formula is C37H47F7N14O4. The van der Waals surface area contributed by atoms with Gasteiger partial charge in [0.25, 0.3) is 0 Å². The van der Waals surface area contributed by atoms with E-state index in [4.69, 9.17) is 15.2 Å². The normalized spacial score (nSPS) is 15.7. The van der Waals surface area contributed by atoms with Gasteiger partial charge in [0.1, 0.15) is 22.9 Å². The van der Waals surface area contributed by atoms with Crippen LogP contribution in [-0.2, 0) is 14.1 Å². The van der Waals surface area contributed by atoms with E-state index >= 15 is 0 Å². The molecule has 4 heterocycles. The van der Waals surface area contributed by atoms with Crippen molar-refractivity contribution in [2.45, 2.75) is 109 Å². The van der Waals surface area contributed by atoms with E-state index in [0.717, 1.165) is 65.5 Å². The van der Waals surface area contributed by atoms with Crippen LogP contribution in [-0.4, -0.2) is 90.2 Å². The zero-order valence-corrected chi connectivity index (χ0v) is 35.4. The number of rotatable bonds is 10. The number of hydrogen-bond acceptors (Lipinski definition) is 14. The third kappa shape index (κ3) is 10.6. The quantitative estimate of drug-likeness (QED) is 0.103. The van der Waals surface area contributed by atoms with E-state index in [2.05, 4.69) is 74.5 Å². The van der Waals surface area contributed by atoms with Crippen LogP contribution in [0.1, 0.15) is 68.2 Å². The van der Waals surface area contributed by atoms with Crippen LogP contribution in [0, 0.1) is 5.82 Å². The molecule has 0 aliphatic carbocycles. The maximum Gasteiger partial charge on any atom is 0.427 e. The number of benzene rings is 2. The molecule has 2 aromatic carbocycles. The SMILES string of the molecule is Cn1nnn(-c2cc(N)ccc2OC(C)(C)C(F)(F)F)c1=O.Cn1nnn(-c2cc(Nc3ncc(F)c(NC4CC(C)(C)NC(C)(C)C4)n3)ccc2OC(C)(C)C(F)(F)F)c1=O. The molecule has 25 heteroatoms. The monoisotopic (exact) mass is 884 g/mol. The second-order valence-electron chi connectivity index (χ2n) is 16.9. The smallest absolute Gasteiger partial charge is 0.427 e. The van der Waals surface area contributed by atoms with Gasteiger partial charge in [0, 0.05) is 42.6 Å². The molecular weight excluding hydrogens is 837 g/mol. The minimum absolute atomic E-state index is 0.00764. The zero-order chi connectivity index (χ0) is 46.4. The van der Waals surface area contributed by atoms with E-state index in [1.807, 2.05) is 0 Å². The van der Waals surface area contributed by atoms with E-state index in [1.165, 1.54) is 50.5 Å². The molecule has 0 unspecified atom stereocenters. The number of hydrogen-bond donors (Lipinski definition) is 4. The standard InChI is InChI=1S/C25H33F4N9O2.C12H14F3N5O2/c1-22(2)11-15(12-23(3,4)34-22)31-19-16(26)13-30-20(33-19)32-14-8-9-18(40-24(5,6)25(27,28)29)17(10-14)38-21(39)37(7)35-36-38;1-11(2,12(13,14)15)22-9-5-4-7(16)6-8(9)20-10(21)19(3)17-18-20/h8-10,13,15,34H,11-12H2,1-7H3,(H2,30,31,32,33);4-6H,16H2,1-3H3. The number of aromatic nitrogens is 10. The molecule has 5 aromatic rings. The summed E-state index contributed by atoms with van der Waals surface area (Å²) < 4.78 is 108. The zero-order valence-electron chi connectivity index (χ0n) is 35.4. The number of nitrogen functional groups attached to an aromatic ring is 1. The topological polar surface area (TPSA) is 212 Å².